The molecule has 0 radical (unpaired) electrons. The lowest BCUT2D eigenvalue weighted by atomic mass is 10.0. The summed E-state index contributed by atoms with van der Waals surface area (Å²) in [6, 6.07) is 4.89. The number of carbonyl (C=O) groups is 2. The first-order chi connectivity index (χ1) is 12.6. The number of hydrogen-bond acceptors (Lipinski definition) is 3. The summed E-state index contributed by atoms with van der Waals surface area (Å²) in [6.07, 6.45) is -4.59. The number of benzene rings is 1. The van der Waals surface area contributed by atoms with Crippen molar-refractivity contribution in [3.8, 4) is 0 Å². The highest BCUT2D eigenvalue weighted by Crippen LogP contribution is 2.32. The van der Waals surface area contributed by atoms with Crippen molar-refractivity contribution in [3.05, 3.63) is 52.3 Å². The van der Waals surface area contributed by atoms with Crippen molar-refractivity contribution < 1.29 is 22.8 Å². The number of halogens is 4. The summed E-state index contributed by atoms with van der Waals surface area (Å²) >= 11 is 5.87. The summed E-state index contributed by atoms with van der Waals surface area (Å²) in [4.78, 5) is 23.7. The van der Waals surface area contributed by atoms with E-state index in [1.54, 1.807) is 24.3 Å². The maximum atomic E-state index is 13.1. The quantitative estimate of drug-likeness (QED) is 0.732. The Morgan fingerprint density at radius 1 is 1.37 bits per heavy atom. The van der Waals surface area contributed by atoms with Crippen molar-refractivity contribution in [1.29, 1.82) is 0 Å². The average Bonchev–Trinajstić information content (AvgIpc) is 3.19. The fraction of sp³-hybridized carbons (Fsp3) is 0.312. The zero-order valence-electron chi connectivity index (χ0n) is 14.0. The minimum Gasteiger partial charge on any atom is -0.342 e. The topological polar surface area (TPSA) is 88.1 Å². The van der Waals surface area contributed by atoms with E-state index in [1.165, 1.54) is 7.05 Å². The molecule has 0 aliphatic carbocycles. The molecule has 3 N–H and O–H groups in total. The number of urea groups is 1. The van der Waals surface area contributed by atoms with Gasteiger partial charge in [-0.15, -0.1) is 0 Å². The summed E-state index contributed by atoms with van der Waals surface area (Å²) < 4.78 is 40.0. The van der Waals surface area contributed by atoms with E-state index in [1.807, 2.05) is 0 Å². The number of aryl methyl sites for hydroxylation is 1. The summed E-state index contributed by atoms with van der Waals surface area (Å²) in [5.74, 6) is -0.549. The second-order valence-electron chi connectivity index (χ2n) is 5.98. The first kappa shape index (κ1) is 19.0. The van der Waals surface area contributed by atoms with E-state index >= 15 is 0 Å². The molecule has 0 unspecified atom stereocenters. The van der Waals surface area contributed by atoms with Gasteiger partial charge in [-0.2, -0.15) is 18.3 Å². The minimum absolute atomic E-state index is 0.0118. The lowest BCUT2D eigenvalue weighted by Gasteiger charge is -2.19. The molecule has 2 atom stereocenters. The lowest BCUT2D eigenvalue weighted by molar-refractivity contribution is -0.143. The molecular formula is C16H15ClF3N5O2. The van der Waals surface area contributed by atoms with E-state index in [0.29, 0.717) is 15.3 Å². The first-order valence-corrected chi connectivity index (χ1v) is 8.24. The van der Waals surface area contributed by atoms with Crippen LogP contribution in [0.2, 0.25) is 5.02 Å². The molecule has 144 valence electrons. The molecule has 2 aromatic rings. The van der Waals surface area contributed by atoms with Crippen LogP contribution in [0.25, 0.3) is 0 Å². The Labute approximate surface area is 156 Å². The molecule has 11 heteroatoms. The van der Waals surface area contributed by atoms with Gasteiger partial charge in [-0.05, 0) is 23.8 Å². The van der Waals surface area contributed by atoms with Crippen LogP contribution >= 0.6 is 11.6 Å². The molecule has 1 aromatic carbocycles. The largest absolute Gasteiger partial charge is 0.433 e. The molecule has 1 aromatic heterocycles. The molecule has 0 bridgehead atoms. The van der Waals surface area contributed by atoms with Gasteiger partial charge < -0.3 is 16.0 Å². The Morgan fingerprint density at radius 2 is 2.04 bits per heavy atom. The van der Waals surface area contributed by atoms with Crippen LogP contribution in [-0.4, -0.2) is 34.3 Å². The van der Waals surface area contributed by atoms with Crippen LogP contribution in [0, 0.1) is 0 Å². The summed E-state index contributed by atoms with van der Waals surface area (Å²) in [6.45, 7) is 0.0774. The standard InChI is InChI=1S/C16H15ClF3N5O2/c1-25-12(16(18,19)20)6-10(24-25)13(8-2-4-9(17)5-3-8)23-14(26)11-7-21-15(27)22-11/h2-6,11,13H,7H2,1H3,(H,23,26)(H2,21,22,27)/t11-,13-/m0/s1. The molecular weight excluding hydrogens is 387 g/mol. The van der Waals surface area contributed by atoms with Crippen LogP contribution in [0.5, 0.6) is 0 Å². The third-order valence-electron chi connectivity index (χ3n) is 4.06. The van der Waals surface area contributed by atoms with Gasteiger partial charge in [-0.25, -0.2) is 4.79 Å². The van der Waals surface area contributed by atoms with Gasteiger partial charge in [0.15, 0.2) is 0 Å². The van der Waals surface area contributed by atoms with Crippen molar-refractivity contribution >= 4 is 23.5 Å². The molecule has 3 rings (SSSR count). The van der Waals surface area contributed by atoms with Gasteiger partial charge in [0.2, 0.25) is 5.91 Å². The van der Waals surface area contributed by atoms with Gasteiger partial charge in [-0.3, -0.25) is 9.48 Å². The van der Waals surface area contributed by atoms with Gasteiger partial charge in [0.1, 0.15) is 11.7 Å². The van der Waals surface area contributed by atoms with E-state index < -0.39 is 35.9 Å². The molecule has 3 amide bonds. The molecule has 2 heterocycles. The van der Waals surface area contributed by atoms with Crippen molar-refractivity contribution in [2.75, 3.05) is 6.54 Å². The smallest absolute Gasteiger partial charge is 0.342 e. The van der Waals surface area contributed by atoms with Crippen LogP contribution < -0.4 is 16.0 Å². The Hall–Kier alpha value is -2.75. The van der Waals surface area contributed by atoms with E-state index in [4.69, 9.17) is 11.6 Å². The Bertz CT molecular complexity index is 866. The number of alkyl halides is 3. The van der Waals surface area contributed by atoms with Crippen LogP contribution in [0.3, 0.4) is 0 Å². The predicted octanol–water partition coefficient (Wildman–Crippen LogP) is 1.98. The third kappa shape index (κ3) is 4.16. The predicted molar refractivity (Wildman–Crippen MR) is 90.0 cm³/mol. The number of rotatable bonds is 4. The fourth-order valence-corrected chi connectivity index (χ4v) is 2.86. The molecule has 0 saturated carbocycles. The highest BCUT2D eigenvalue weighted by molar-refractivity contribution is 6.30. The molecule has 1 fully saturated rings. The summed E-state index contributed by atoms with van der Waals surface area (Å²) in [7, 11) is 1.17. The highest BCUT2D eigenvalue weighted by Gasteiger charge is 2.37. The Balaban J connectivity index is 1.94. The van der Waals surface area contributed by atoms with Gasteiger partial charge in [0, 0.05) is 18.6 Å². The SMILES string of the molecule is Cn1nc([C@@H](NC(=O)[C@@H]2CNC(=O)N2)c2ccc(Cl)cc2)cc1C(F)(F)F. The average molecular weight is 402 g/mol. The van der Waals surface area contributed by atoms with Gasteiger partial charge in [0.05, 0.1) is 11.7 Å². The zero-order chi connectivity index (χ0) is 19.8. The molecule has 0 spiro atoms. The van der Waals surface area contributed by atoms with Gasteiger partial charge in [0.25, 0.3) is 0 Å². The number of nitrogens with zero attached hydrogens (tertiary/aromatic N) is 2. The Morgan fingerprint density at radius 3 is 2.56 bits per heavy atom. The number of carbonyl (C=O) groups excluding carboxylic acids is 2. The number of amides is 3. The second-order valence-corrected chi connectivity index (χ2v) is 6.41. The Kier molecular flexibility index (Phi) is 5.01. The van der Waals surface area contributed by atoms with Crippen molar-refractivity contribution in [2.24, 2.45) is 7.05 Å². The summed E-state index contributed by atoms with van der Waals surface area (Å²) in [5, 5.41) is 11.9. The van der Waals surface area contributed by atoms with Crippen molar-refractivity contribution in [2.45, 2.75) is 18.3 Å². The lowest BCUT2D eigenvalue weighted by Crippen LogP contribution is -2.44. The van der Waals surface area contributed by atoms with E-state index in [9.17, 15) is 22.8 Å². The normalized spacial score (nSPS) is 18.0. The maximum absolute atomic E-state index is 13.1. The number of aromatic nitrogens is 2. The number of nitrogens with one attached hydrogen (secondary N) is 3. The molecule has 7 nitrogen and oxygen atoms in total. The van der Waals surface area contributed by atoms with Crippen molar-refractivity contribution in [3.63, 3.8) is 0 Å². The molecule has 27 heavy (non-hydrogen) atoms. The third-order valence-corrected chi connectivity index (χ3v) is 4.32. The molecule has 1 aliphatic rings. The maximum Gasteiger partial charge on any atom is 0.433 e. The first-order valence-electron chi connectivity index (χ1n) is 7.86. The molecule has 1 saturated heterocycles. The minimum atomic E-state index is -4.59. The van der Waals surface area contributed by atoms with Crippen LogP contribution in [-0.2, 0) is 18.0 Å². The van der Waals surface area contributed by atoms with Crippen LogP contribution in [0.4, 0.5) is 18.0 Å². The van der Waals surface area contributed by atoms with E-state index in [-0.39, 0.29) is 12.2 Å². The van der Waals surface area contributed by atoms with Gasteiger partial charge in [-0.1, -0.05) is 23.7 Å². The second kappa shape index (κ2) is 7.10. The summed E-state index contributed by atoms with van der Waals surface area (Å²) in [5.41, 5.74) is -0.434. The van der Waals surface area contributed by atoms with Crippen LogP contribution in [0.1, 0.15) is 23.0 Å². The van der Waals surface area contributed by atoms with E-state index in [2.05, 4.69) is 21.0 Å². The number of hydrogen-bond donors (Lipinski definition) is 3. The highest BCUT2D eigenvalue weighted by atomic mass is 35.5. The van der Waals surface area contributed by atoms with Crippen LogP contribution in [0.15, 0.2) is 30.3 Å². The van der Waals surface area contributed by atoms with Crippen molar-refractivity contribution in [1.82, 2.24) is 25.7 Å². The molecule has 1 aliphatic heterocycles. The zero-order valence-corrected chi connectivity index (χ0v) is 14.7. The monoisotopic (exact) mass is 401 g/mol. The fourth-order valence-electron chi connectivity index (χ4n) is 2.74. The van der Waals surface area contributed by atoms with E-state index in [0.717, 1.165) is 6.07 Å². The van der Waals surface area contributed by atoms with Gasteiger partial charge >= 0.3 is 12.2 Å².